The number of amides is 2. The first-order valence-corrected chi connectivity index (χ1v) is 8.02. The van der Waals surface area contributed by atoms with Crippen LogP contribution in [0.15, 0.2) is 54.6 Å². The molecule has 0 spiro atoms. The molecule has 0 aliphatic rings. The molecule has 0 radical (unpaired) electrons. The second-order valence-electron chi connectivity index (χ2n) is 5.54. The summed E-state index contributed by atoms with van der Waals surface area (Å²) in [6, 6.07) is 9.15. The van der Waals surface area contributed by atoms with Crippen molar-refractivity contribution in [2.24, 2.45) is 0 Å². The molecule has 0 aliphatic carbocycles. The summed E-state index contributed by atoms with van der Waals surface area (Å²) in [5.74, 6) is -3.49. The minimum Gasteiger partial charge on any atom is -0.452 e. The number of hydrogen-bond acceptors (Lipinski definition) is 4. The number of benzene rings is 2. The Bertz CT molecular complexity index is 925. The molecule has 152 valence electrons. The standard InChI is InChI=1S/C19H14F4N2O4/c20-15-4-2-1-3-14(15)18(28)25-24-16(26)11-29-17(27)10-7-12-5-8-13(9-6-12)19(21,22)23/h1-10H,11H2,(H,24,26)(H,25,28)/b10-7+. The second kappa shape index (κ2) is 9.49. The van der Waals surface area contributed by atoms with Crippen molar-refractivity contribution < 1.29 is 36.7 Å². The minimum absolute atomic E-state index is 0.288. The van der Waals surface area contributed by atoms with Crippen molar-refractivity contribution in [3.63, 3.8) is 0 Å². The topological polar surface area (TPSA) is 84.5 Å². The summed E-state index contributed by atoms with van der Waals surface area (Å²) < 4.78 is 55.4. The average Bonchev–Trinajstić information content (AvgIpc) is 2.69. The number of carbonyl (C=O) groups excluding carboxylic acids is 3. The van der Waals surface area contributed by atoms with Crippen molar-refractivity contribution >= 4 is 23.9 Å². The third-order valence-electron chi connectivity index (χ3n) is 3.43. The summed E-state index contributed by atoms with van der Waals surface area (Å²) in [5, 5.41) is 0. The van der Waals surface area contributed by atoms with Crippen LogP contribution < -0.4 is 10.9 Å². The lowest BCUT2D eigenvalue weighted by Gasteiger charge is -2.08. The number of halogens is 4. The predicted octanol–water partition coefficient (Wildman–Crippen LogP) is 2.86. The highest BCUT2D eigenvalue weighted by Crippen LogP contribution is 2.29. The number of esters is 1. The zero-order valence-corrected chi connectivity index (χ0v) is 14.6. The minimum atomic E-state index is -4.46. The maximum absolute atomic E-state index is 13.4. The third kappa shape index (κ3) is 6.76. The molecular formula is C19H14F4N2O4. The number of carbonyl (C=O) groups is 3. The van der Waals surface area contributed by atoms with E-state index in [2.05, 4.69) is 4.74 Å². The van der Waals surface area contributed by atoms with Crippen molar-refractivity contribution in [1.82, 2.24) is 10.9 Å². The quantitative estimate of drug-likeness (QED) is 0.344. The molecular weight excluding hydrogens is 396 g/mol. The van der Waals surface area contributed by atoms with Crippen LogP contribution >= 0.6 is 0 Å². The van der Waals surface area contributed by atoms with Crippen molar-refractivity contribution in [2.75, 3.05) is 6.61 Å². The average molecular weight is 410 g/mol. The molecule has 0 aliphatic heterocycles. The summed E-state index contributed by atoms with van der Waals surface area (Å²) in [6.45, 7) is -0.742. The van der Waals surface area contributed by atoms with E-state index in [1.807, 2.05) is 10.9 Å². The van der Waals surface area contributed by atoms with Crippen LogP contribution in [0.4, 0.5) is 17.6 Å². The van der Waals surface area contributed by atoms with Gasteiger partial charge in [-0.2, -0.15) is 13.2 Å². The first-order chi connectivity index (χ1) is 13.7. The summed E-state index contributed by atoms with van der Waals surface area (Å²) in [7, 11) is 0. The molecule has 0 bridgehead atoms. The first kappa shape index (κ1) is 21.6. The van der Waals surface area contributed by atoms with Crippen molar-refractivity contribution in [2.45, 2.75) is 6.18 Å². The van der Waals surface area contributed by atoms with Gasteiger partial charge in [-0.1, -0.05) is 24.3 Å². The van der Waals surface area contributed by atoms with Gasteiger partial charge in [0.2, 0.25) is 0 Å². The summed E-state index contributed by atoms with van der Waals surface area (Å²) in [5.41, 5.74) is 3.10. The predicted molar refractivity (Wildman–Crippen MR) is 93.4 cm³/mol. The van der Waals surface area contributed by atoms with Crippen LogP contribution in [0.1, 0.15) is 21.5 Å². The lowest BCUT2D eigenvalue weighted by atomic mass is 10.1. The van der Waals surface area contributed by atoms with Gasteiger partial charge < -0.3 is 4.74 Å². The fourth-order valence-corrected chi connectivity index (χ4v) is 2.01. The highest BCUT2D eigenvalue weighted by atomic mass is 19.4. The zero-order valence-electron chi connectivity index (χ0n) is 14.6. The van der Waals surface area contributed by atoms with E-state index in [-0.39, 0.29) is 5.56 Å². The number of nitrogens with one attached hydrogen (secondary N) is 2. The van der Waals surface area contributed by atoms with Gasteiger partial charge in [-0.15, -0.1) is 0 Å². The van der Waals surface area contributed by atoms with Gasteiger partial charge in [0, 0.05) is 6.08 Å². The Morgan fingerprint density at radius 2 is 1.62 bits per heavy atom. The van der Waals surface area contributed by atoms with Gasteiger partial charge in [0.05, 0.1) is 11.1 Å². The lowest BCUT2D eigenvalue weighted by molar-refractivity contribution is -0.144. The molecule has 6 nitrogen and oxygen atoms in total. The van der Waals surface area contributed by atoms with E-state index in [0.29, 0.717) is 5.56 Å². The van der Waals surface area contributed by atoms with Crippen LogP contribution in [0.25, 0.3) is 6.08 Å². The number of alkyl halides is 3. The molecule has 2 amide bonds. The Kier molecular flexibility index (Phi) is 7.07. The Balaban J connectivity index is 1.77. The van der Waals surface area contributed by atoms with Crippen LogP contribution in [0.5, 0.6) is 0 Å². The largest absolute Gasteiger partial charge is 0.452 e. The summed E-state index contributed by atoms with van der Waals surface area (Å²) in [4.78, 5) is 34.8. The normalized spacial score (nSPS) is 11.2. The Morgan fingerprint density at radius 3 is 2.24 bits per heavy atom. The summed E-state index contributed by atoms with van der Waals surface area (Å²) in [6.07, 6.45) is -2.33. The van der Waals surface area contributed by atoms with Crippen LogP contribution in [-0.2, 0) is 20.5 Å². The van der Waals surface area contributed by atoms with E-state index in [0.717, 1.165) is 36.4 Å². The molecule has 0 aromatic heterocycles. The van der Waals surface area contributed by atoms with Crippen molar-refractivity contribution in [1.29, 1.82) is 0 Å². The maximum Gasteiger partial charge on any atom is 0.416 e. The highest BCUT2D eigenvalue weighted by molar-refractivity contribution is 5.96. The molecule has 2 aromatic rings. The molecule has 0 saturated carbocycles. The molecule has 0 atom stereocenters. The molecule has 2 N–H and O–H groups in total. The summed E-state index contributed by atoms with van der Waals surface area (Å²) >= 11 is 0. The van der Waals surface area contributed by atoms with Crippen molar-refractivity contribution in [3.8, 4) is 0 Å². The number of ether oxygens (including phenoxy) is 1. The molecule has 0 heterocycles. The molecule has 0 saturated heterocycles. The third-order valence-corrected chi connectivity index (χ3v) is 3.43. The number of hydrogen-bond donors (Lipinski definition) is 2. The smallest absolute Gasteiger partial charge is 0.416 e. The Hall–Kier alpha value is -3.69. The number of rotatable bonds is 5. The molecule has 0 fully saturated rings. The fourth-order valence-electron chi connectivity index (χ4n) is 2.01. The van der Waals surface area contributed by atoms with Gasteiger partial charge in [0.15, 0.2) is 6.61 Å². The van der Waals surface area contributed by atoms with E-state index in [9.17, 15) is 31.9 Å². The van der Waals surface area contributed by atoms with E-state index in [4.69, 9.17) is 0 Å². The second-order valence-corrected chi connectivity index (χ2v) is 5.54. The van der Waals surface area contributed by atoms with E-state index < -0.39 is 41.9 Å². The SMILES string of the molecule is O=C(COC(=O)/C=C/c1ccc(C(F)(F)F)cc1)NNC(=O)c1ccccc1F. The van der Waals surface area contributed by atoms with Crippen molar-refractivity contribution in [3.05, 3.63) is 77.1 Å². The fraction of sp³-hybridized carbons (Fsp3) is 0.105. The van der Waals surface area contributed by atoms with Gasteiger partial charge >= 0.3 is 12.1 Å². The molecule has 2 aromatic carbocycles. The molecule has 10 heteroatoms. The van der Waals surface area contributed by atoms with Gasteiger partial charge in [0.25, 0.3) is 11.8 Å². The van der Waals surface area contributed by atoms with Crippen LogP contribution in [0, 0.1) is 5.82 Å². The zero-order chi connectivity index (χ0) is 21.4. The van der Waals surface area contributed by atoms with Gasteiger partial charge in [-0.25, -0.2) is 9.18 Å². The first-order valence-electron chi connectivity index (χ1n) is 8.02. The van der Waals surface area contributed by atoms with E-state index in [1.54, 1.807) is 0 Å². The lowest BCUT2D eigenvalue weighted by Crippen LogP contribution is -2.43. The molecule has 2 rings (SSSR count). The Morgan fingerprint density at radius 1 is 0.966 bits per heavy atom. The van der Waals surface area contributed by atoms with E-state index >= 15 is 0 Å². The van der Waals surface area contributed by atoms with E-state index in [1.165, 1.54) is 24.3 Å². The molecule has 29 heavy (non-hydrogen) atoms. The van der Waals surface area contributed by atoms with Crippen LogP contribution in [0.2, 0.25) is 0 Å². The van der Waals surface area contributed by atoms with Gasteiger partial charge in [-0.3, -0.25) is 20.4 Å². The highest BCUT2D eigenvalue weighted by Gasteiger charge is 2.29. The number of hydrazine groups is 1. The monoisotopic (exact) mass is 410 g/mol. The van der Waals surface area contributed by atoms with Crippen LogP contribution in [0.3, 0.4) is 0 Å². The van der Waals surface area contributed by atoms with Gasteiger partial charge in [0.1, 0.15) is 5.82 Å². The van der Waals surface area contributed by atoms with Gasteiger partial charge in [-0.05, 0) is 35.9 Å². The maximum atomic E-state index is 13.4. The molecule has 0 unspecified atom stereocenters. The Labute approximate surface area is 162 Å². The van der Waals surface area contributed by atoms with Crippen LogP contribution in [-0.4, -0.2) is 24.4 Å².